The highest BCUT2D eigenvalue weighted by Crippen LogP contribution is 2.26. The summed E-state index contributed by atoms with van der Waals surface area (Å²) in [5.41, 5.74) is 1.12. The van der Waals surface area contributed by atoms with Crippen molar-refractivity contribution < 1.29 is 24.0 Å². The number of carbonyl (C=O) groups excluding carboxylic acids is 2. The number of amides is 1. The maximum atomic E-state index is 12.0. The van der Waals surface area contributed by atoms with Gasteiger partial charge in [-0.2, -0.15) is 0 Å². The van der Waals surface area contributed by atoms with Crippen LogP contribution in [0.25, 0.3) is 0 Å². The van der Waals surface area contributed by atoms with E-state index in [-0.39, 0.29) is 11.3 Å². The lowest BCUT2D eigenvalue weighted by atomic mass is 10.2. The second-order valence-electron chi connectivity index (χ2n) is 5.23. The Morgan fingerprint density at radius 2 is 1.96 bits per heavy atom. The van der Waals surface area contributed by atoms with Gasteiger partial charge in [0.25, 0.3) is 11.6 Å². The first kappa shape index (κ1) is 19.4. The van der Waals surface area contributed by atoms with Crippen molar-refractivity contribution >= 4 is 39.2 Å². The minimum atomic E-state index is -0.663. The smallest absolute Gasteiger partial charge is 0.338 e. The Morgan fingerprint density at radius 3 is 2.54 bits per heavy atom. The van der Waals surface area contributed by atoms with E-state index in [1.54, 1.807) is 13.0 Å². The van der Waals surface area contributed by atoms with E-state index in [2.05, 4.69) is 21.2 Å². The molecule has 0 atom stereocenters. The summed E-state index contributed by atoms with van der Waals surface area (Å²) in [7, 11) is 1.50. The number of halogens is 1. The van der Waals surface area contributed by atoms with E-state index in [1.807, 2.05) is 0 Å². The first-order chi connectivity index (χ1) is 12.3. The SMILES string of the molecule is COc1ccc(C(=O)OCC(=O)Nc2ccc([N+](=O)[O-])cc2C)cc1Br. The van der Waals surface area contributed by atoms with E-state index in [0.717, 1.165) is 0 Å². The molecule has 8 nitrogen and oxygen atoms in total. The van der Waals surface area contributed by atoms with Gasteiger partial charge in [-0.3, -0.25) is 14.9 Å². The van der Waals surface area contributed by atoms with Crippen LogP contribution in [-0.4, -0.2) is 30.5 Å². The fourth-order valence-electron chi connectivity index (χ4n) is 2.10. The number of nitrogens with one attached hydrogen (secondary N) is 1. The summed E-state index contributed by atoms with van der Waals surface area (Å²) >= 11 is 3.26. The third kappa shape index (κ3) is 4.79. The molecule has 2 aromatic carbocycles. The van der Waals surface area contributed by atoms with Crippen LogP contribution in [0, 0.1) is 17.0 Å². The monoisotopic (exact) mass is 422 g/mol. The van der Waals surface area contributed by atoms with Crippen LogP contribution in [0.4, 0.5) is 11.4 Å². The molecule has 0 spiro atoms. The number of rotatable bonds is 6. The molecule has 0 aliphatic heterocycles. The molecular formula is C17H15BrN2O6. The standard InChI is InChI=1S/C17H15BrN2O6/c1-10-7-12(20(23)24)4-5-14(10)19-16(21)9-26-17(22)11-3-6-15(25-2)13(18)8-11/h3-8H,9H2,1-2H3,(H,19,21). The number of carbonyl (C=O) groups is 2. The molecule has 1 amide bonds. The molecule has 0 radical (unpaired) electrons. The van der Waals surface area contributed by atoms with Crippen molar-refractivity contribution in [2.24, 2.45) is 0 Å². The Bertz CT molecular complexity index is 868. The van der Waals surface area contributed by atoms with Gasteiger partial charge in [0.15, 0.2) is 6.61 Å². The number of hydrogen-bond acceptors (Lipinski definition) is 6. The van der Waals surface area contributed by atoms with Crippen LogP contribution in [0.2, 0.25) is 0 Å². The summed E-state index contributed by atoms with van der Waals surface area (Å²) in [6.45, 7) is 1.14. The van der Waals surface area contributed by atoms with Crippen molar-refractivity contribution in [2.75, 3.05) is 19.0 Å². The van der Waals surface area contributed by atoms with Crippen LogP contribution in [0.3, 0.4) is 0 Å². The van der Waals surface area contributed by atoms with Crippen molar-refractivity contribution in [3.05, 3.63) is 62.1 Å². The van der Waals surface area contributed by atoms with Crippen molar-refractivity contribution in [2.45, 2.75) is 6.92 Å². The number of methoxy groups -OCH3 is 1. The zero-order valence-corrected chi connectivity index (χ0v) is 15.5. The topological polar surface area (TPSA) is 108 Å². The number of esters is 1. The van der Waals surface area contributed by atoms with Crippen molar-refractivity contribution in [3.8, 4) is 5.75 Å². The quantitative estimate of drug-likeness (QED) is 0.433. The Kier molecular flexibility index (Phi) is 6.29. The maximum Gasteiger partial charge on any atom is 0.338 e. The average molecular weight is 423 g/mol. The van der Waals surface area contributed by atoms with Gasteiger partial charge >= 0.3 is 5.97 Å². The molecule has 0 fully saturated rings. The molecule has 0 saturated carbocycles. The van der Waals surface area contributed by atoms with Gasteiger partial charge in [0, 0.05) is 17.8 Å². The normalized spacial score (nSPS) is 10.1. The molecule has 2 aromatic rings. The third-order valence-corrected chi connectivity index (χ3v) is 4.04. The zero-order valence-electron chi connectivity index (χ0n) is 13.9. The van der Waals surface area contributed by atoms with Crippen molar-refractivity contribution in [1.82, 2.24) is 0 Å². The fraction of sp³-hybridized carbons (Fsp3) is 0.176. The Balaban J connectivity index is 1.95. The second kappa shape index (κ2) is 8.43. The van der Waals surface area contributed by atoms with Crippen LogP contribution in [0.15, 0.2) is 40.9 Å². The van der Waals surface area contributed by atoms with Gasteiger partial charge in [-0.25, -0.2) is 4.79 Å². The van der Waals surface area contributed by atoms with E-state index >= 15 is 0 Å². The molecule has 0 unspecified atom stereocenters. The summed E-state index contributed by atoms with van der Waals surface area (Å²) in [6.07, 6.45) is 0. The highest BCUT2D eigenvalue weighted by Gasteiger charge is 2.14. The van der Waals surface area contributed by atoms with Gasteiger partial charge in [0.1, 0.15) is 5.75 Å². The highest BCUT2D eigenvalue weighted by atomic mass is 79.9. The van der Waals surface area contributed by atoms with E-state index in [4.69, 9.17) is 9.47 Å². The van der Waals surface area contributed by atoms with Crippen molar-refractivity contribution in [1.29, 1.82) is 0 Å². The van der Waals surface area contributed by atoms with Gasteiger partial charge in [0.2, 0.25) is 0 Å². The van der Waals surface area contributed by atoms with Crippen LogP contribution in [0.5, 0.6) is 5.75 Å². The molecule has 1 N–H and O–H groups in total. The third-order valence-electron chi connectivity index (χ3n) is 3.42. The van der Waals surface area contributed by atoms with E-state index in [1.165, 1.54) is 37.4 Å². The number of aryl methyl sites for hydroxylation is 1. The number of nitrogens with zero attached hydrogens (tertiary/aromatic N) is 1. The lowest BCUT2D eigenvalue weighted by Gasteiger charge is -2.09. The number of non-ortho nitro benzene ring substituents is 1. The summed E-state index contributed by atoms with van der Waals surface area (Å²) in [5, 5.41) is 13.3. The fourth-order valence-corrected chi connectivity index (χ4v) is 2.64. The Hall–Kier alpha value is -2.94. The number of nitro benzene ring substituents is 1. The largest absolute Gasteiger partial charge is 0.496 e. The average Bonchev–Trinajstić information content (AvgIpc) is 2.61. The van der Waals surface area contributed by atoms with Gasteiger partial charge in [-0.05, 0) is 52.7 Å². The lowest BCUT2D eigenvalue weighted by Crippen LogP contribution is -2.21. The summed E-state index contributed by atoms with van der Waals surface area (Å²) < 4.78 is 10.6. The van der Waals surface area contributed by atoms with Gasteiger partial charge in [-0.15, -0.1) is 0 Å². The number of nitro groups is 1. The van der Waals surface area contributed by atoms with Crippen molar-refractivity contribution in [3.63, 3.8) is 0 Å². The van der Waals surface area contributed by atoms with E-state index in [0.29, 0.717) is 21.5 Å². The number of anilines is 1. The molecule has 2 rings (SSSR count). The molecule has 0 aliphatic carbocycles. The summed E-state index contributed by atoms with van der Waals surface area (Å²) in [6, 6.07) is 8.69. The minimum Gasteiger partial charge on any atom is -0.496 e. The maximum absolute atomic E-state index is 12.0. The van der Waals surface area contributed by atoms with Gasteiger partial charge in [0.05, 0.1) is 22.1 Å². The molecule has 0 aliphatic rings. The molecule has 0 aromatic heterocycles. The molecule has 0 saturated heterocycles. The highest BCUT2D eigenvalue weighted by molar-refractivity contribution is 9.10. The zero-order chi connectivity index (χ0) is 19.3. The summed E-state index contributed by atoms with van der Waals surface area (Å²) in [4.78, 5) is 34.1. The second-order valence-corrected chi connectivity index (χ2v) is 6.08. The molecule has 0 bridgehead atoms. The van der Waals surface area contributed by atoms with Crippen LogP contribution in [0.1, 0.15) is 15.9 Å². The first-order valence-corrected chi connectivity index (χ1v) is 8.16. The van der Waals surface area contributed by atoms with Crippen LogP contribution < -0.4 is 10.1 Å². The molecular weight excluding hydrogens is 408 g/mol. The number of ether oxygens (including phenoxy) is 2. The number of benzene rings is 2. The van der Waals surface area contributed by atoms with Crippen LogP contribution >= 0.6 is 15.9 Å². The Morgan fingerprint density at radius 1 is 1.23 bits per heavy atom. The molecule has 9 heteroatoms. The first-order valence-electron chi connectivity index (χ1n) is 7.37. The molecule has 26 heavy (non-hydrogen) atoms. The van der Waals surface area contributed by atoms with E-state index in [9.17, 15) is 19.7 Å². The number of hydrogen-bond donors (Lipinski definition) is 1. The predicted molar refractivity (Wildman–Crippen MR) is 97.4 cm³/mol. The predicted octanol–water partition coefficient (Wildman–Crippen LogP) is 3.47. The molecule has 136 valence electrons. The molecule has 0 heterocycles. The lowest BCUT2D eigenvalue weighted by molar-refractivity contribution is -0.384. The van der Waals surface area contributed by atoms with Crippen LogP contribution in [-0.2, 0) is 9.53 Å². The van der Waals surface area contributed by atoms with Gasteiger partial charge in [-0.1, -0.05) is 0 Å². The minimum absolute atomic E-state index is 0.0722. The Labute approximate surface area is 157 Å². The summed E-state index contributed by atoms with van der Waals surface area (Å²) in [5.74, 6) is -0.653. The van der Waals surface area contributed by atoms with Gasteiger partial charge < -0.3 is 14.8 Å². The van der Waals surface area contributed by atoms with E-state index < -0.39 is 23.4 Å².